The minimum atomic E-state index is -3.40. The molecule has 20 heavy (non-hydrogen) atoms. The van der Waals surface area contributed by atoms with Crippen LogP contribution in [0.2, 0.25) is 0 Å². The number of ether oxygens (including phenoxy) is 1. The molecule has 118 valence electrons. The summed E-state index contributed by atoms with van der Waals surface area (Å²) in [6, 6.07) is 0. The van der Waals surface area contributed by atoms with Gasteiger partial charge in [-0.25, -0.2) is 0 Å². The van der Waals surface area contributed by atoms with Crippen LogP contribution in [0.3, 0.4) is 0 Å². The molecule has 0 amide bonds. The number of carbonyl (C=O) groups excluding carboxylic acids is 1. The first kappa shape index (κ1) is 17.4. The second-order valence-electron chi connectivity index (χ2n) is 7.23. The summed E-state index contributed by atoms with van der Waals surface area (Å²) in [5, 5.41) is 0. The fourth-order valence-electron chi connectivity index (χ4n) is 2.54. The van der Waals surface area contributed by atoms with Crippen LogP contribution in [0.4, 0.5) is 0 Å². The average Bonchev–Trinajstić information content (AvgIpc) is 2.18. The predicted molar refractivity (Wildman–Crippen MR) is 76.6 cm³/mol. The van der Waals surface area contributed by atoms with E-state index >= 15 is 0 Å². The molecule has 5 nitrogen and oxygen atoms in total. The highest BCUT2D eigenvalue weighted by molar-refractivity contribution is 7.85. The molecule has 1 aliphatic carbocycles. The van der Waals surface area contributed by atoms with E-state index in [1.807, 2.05) is 34.6 Å². The van der Waals surface area contributed by atoms with Gasteiger partial charge in [0.25, 0.3) is 10.1 Å². The van der Waals surface area contributed by atoms with E-state index in [1.165, 1.54) is 0 Å². The van der Waals surface area contributed by atoms with Crippen LogP contribution in [0.1, 0.15) is 47.5 Å². The van der Waals surface area contributed by atoms with Crippen molar-refractivity contribution in [2.45, 2.75) is 53.1 Å². The Hall–Kier alpha value is -0.620. The zero-order valence-corrected chi connectivity index (χ0v) is 14.0. The van der Waals surface area contributed by atoms with E-state index in [0.29, 0.717) is 6.42 Å². The Morgan fingerprint density at radius 1 is 1.25 bits per heavy atom. The summed E-state index contributed by atoms with van der Waals surface area (Å²) in [5.41, 5.74) is -0.578. The zero-order chi connectivity index (χ0) is 15.8. The summed E-state index contributed by atoms with van der Waals surface area (Å²) in [5.74, 6) is 0.174. The molecule has 6 heteroatoms. The van der Waals surface area contributed by atoms with Crippen LogP contribution in [0.5, 0.6) is 0 Å². The standard InChI is InChI=1S/C14H26O5S/c1-13(2,3)19-12(15)8-10-7-11(14(10,4)5)9-18-20(6,16)17/h10-11H,7-9H2,1-6H3/t10-,11+/m1/s1. The number of hydrogen-bond acceptors (Lipinski definition) is 5. The van der Waals surface area contributed by atoms with Crippen molar-refractivity contribution in [3.63, 3.8) is 0 Å². The van der Waals surface area contributed by atoms with Crippen molar-refractivity contribution < 1.29 is 22.1 Å². The van der Waals surface area contributed by atoms with Crippen LogP contribution < -0.4 is 0 Å². The first-order valence-corrected chi connectivity index (χ1v) is 8.69. The minimum absolute atomic E-state index is 0.110. The van der Waals surface area contributed by atoms with Gasteiger partial charge in [0.2, 0.25) is 0 Å². The smallest absolute Gasteiger partial charge is 0.306 e. The molecule has 0 aromatic carbocycles. The molecule has 0 aromatic rings. The van der Waals surface area contributed by atoms with Gasteiger partial charge in [0.1, 0.15) is 5.60 Å². The van der Waals surface area contributed by atoms with E-state index in [0.717, 1.165) is 12.7 Å². The molecular formula is C14H26O5S. The maximum Gasteiger partial charge on any atom is 0.306 e. The Bertz CT molecular complexity index is 458. The molecular weight excluding hydrogens is 280 g/mol. The summed E-state index contributed by atoms with van der Waals surface area (Å²) in [6.07, 6.45) is 2.22. The Morgan fingerprint density at radius 2 is 1.80 bits per heavy atom. The van der Waals surface area contributed by atoms with Crippen LogP contribution in [0.15, 0.2) is 0 Å². The molecule has 1 aliphatic rings. The molecule has 0 saturated heterocycles. The largest absolute Gasteiger partial charge is 0.460 e. The molecule has 0 bridgehead atoms. The first-order valence-electron chi connectivity index (χ1n) is 6.87. The highest BCUT2D eigenvalue weighted by Crippen LogP contribution is 2.53. The van der Waals surface area contributed by atoms with E-state index in [1.54, 1.807) is 0 Å². The van der Waals surface area contributed by atoms with Crippen LogP contribution in [-0.4, -0.2) is 32.9 Å². The third-order valence-electron chi connectivity index (χ3n) is 3.99. The highest BCUT2D eigenvalue weighted by atomic mass is 32.2. The molecule has 0 radical (unpaired) electrons. The van der Waals surface area contributed by atoms with Crippen molar-refractivity contribution >= 4 is 16.1 Å². The lowest BCUT2D eigenvalue weighted by Gasteiger charge is -2.51. The van der Waals surface area contributed by atoms with Gasteiger partial charge in [-0.3, -0.25) is 8.98 Å². The fraction of sp³-hybridized carbons (Fsp3) is 0.929. The molecule has 0 unspecified atom stereocenters. The monoisotopic (exact) mass is 306 g/mol. The number of rotatable bonds is 5. The molecule has 1 saturated carbocycles. The summed E-state index contributed by atoms with van der Waals surface area (Å²) < 4.78 is 32.2. The van der Waals surface area contributed by atoms with Crippen molar-refractivity contribution in [2.75, 3.05) is 12.9 Å². The Kier molecular flexibility index (Phi) is 4.91. The summed E-state index contributed by atoms with van der Waals surface area (Å²) in [4.78, 5) is 11.8. The Labute approximate surface area is 122 Å². The van der Waals surface area contributed by atoms with Gasteiger partial charge in [0, 0.05) is 6.42 Å². The average molecular weight is 306 g/mol. The van der Waals surface area contributed by atoms with E-state index in [-0.39, 0.29) is 29.8 Å². The fourth-order valence-corrected chi connectivity index (χ4v) is 2.95. The molecule has 1 rings (SSSR count). The summed E-state index contributed by atoms with van der Waals surface area (Å²) >= 11 is 0. The van der Waals surface area contributed by atoms with Crippen molar-refractivity contribution in [1.82, 2.24) is 0 Å². The molecule has 0 heterocycles. The van der Waals surface area contributed by atoms with Crippen LogP contribution >= 0.6 is 0 Å². The van der Waals surface area contributed by atoms with Crippen molar-refractivity contribution in [1.29, 1.82) is 0 Å². The van der Waals surface area contributed by atoms with Gasteiger partial charge in [-0.2, -0.15) is 8.42 Å². The van der Waals surface area contributed by atoms with Crippen LogP contribution in [0, 0.1) is 17.3 Å². The molecule has 1 fully saturated rings. The normalized spacial score (nSPS) is 25.9. The maximum atomic E-state index is 11.8. The molecule has 2 atom stereocenters. The Balaban J connectivity index is 2.47. The lowest BCUT2D eigenvalue weighted by atomic mass is 9.54. The quantitative estimate of drug-likeness (QED) is 0.576. The van der Waals surface area contributed by atoms with Gasteiger partial charge in [-0.05, 0) is 44.4 Å². The highest BCUT2D eigenvalue weighted by Gasteiger charge is 2.49. The lowest BCUT2D eigenvalue weighted by Crippen LogP contribution is -2.48. The van der Waals surface area contributed by atoms with Gasteiger partial charge < -0.3 is 4.74 Å². The van der Waals surface area contributed by atoms with Gasteiger partial charge in [-0.1, -0.05) is 13.8 Å². The Morgan fingerprint density at radius 3 is 2.20 bits per heavy atom. The van der Waals surface area contributed by atoms with Crippen LogP contribution in [-0.2, 0) is 23.8 Å². The van der Waals surface area contributed by atoms with Gasteiger partial charge in [0.05, 0.1) is 12.9 Å². The number of esters is 1. The topological polar surface area (TPSA) is 69.7 Å². The van der Waals surface area contributed by atoms with E-state index in [9.17, 15) is 13.2 Å². The van der Waals surface area contributed by atoms with Gasteiger partial charge in [0.15, 0.2) is 0 Å². The number of carbonyl (C=O) groups is 1. The van der Waals surface area contributed by atoms with Gasteiger partial charge in [-0.15, -0.1) is 0 Å². The maximum absolute atomic E-state index is 11.8. The van der Waals surface area contributed by atoms with E-state index in [2.05, 4.69) is 0 Å². The number of hydrogen-bond donors (Lipinski definition) is 0. The second-order valence-corrected chi connectivity index (χ2v) is 8.87. The second kappa shape index (κ2) is 5.64. The van der Waals surface area contributed by atoms with E-state index < -0.39 is 15.7 Å². The van der Waals surface area contributed by atoms with Crippen molar-refractivity contribution in [3.8, 4) is 0 Å². The van der Waals surface area contributed by atoms with Crippen molar-refractivity contribution in [2.24, 2.45) is 17.3 Å². The van der Waals surface area contributed by atoms with Crippen molar-refractivity contribution in [3.05, 3.63) is 0 Å². The minimum Gasteiger partial charge on any atom is -0.460 e. The lowest BCUT2D eigenvalue weighted by molar-refractivity contribution is -0.161. The predicted octanol–water partition coefficient (Wildman–Crippen LogP) is 2.36. The first-order chi connectivity index (χ1) is 8.81. The molecule has 0 aliphatic heterocycles. The van der Waals surface area contributed by atoms with E-state index in [4.69, 9.17) is 8.92 Å². The molecule has 0 spiro atoms. The molecule has 0 N–H and O–H groups in total. The zero-order valence-electron chi connectivity index (χ0n) is 13.2. The van der Waals surface area contributed by atoms with Crippen LogP contribution in [0.25, 0.3) is 0 Å². The third kappa shape index (κ3) is 5.05. The third-order valence-corrected chi connectivity index (χ3v) is 4.55. The summed E-state index contributed by atoms with van der Waals surface area (Å²) in [6.45, 7) is 9.82. The SMILES string of the molecule is CC(C)(C)OC(=O)C[C@H]1C[C@@H](COS(C)(=O)=O)C1(C)C. The van der Waals surface area contributed by atoms with Gasteiger partial charge >= 0.3 is 5.97 Å². The molecule has 0 aromatic heterocycles. The summed E-state index contributed by atoms with van der Waals surface area (Å²) in [7, 11) is -3.40.